The molecule has 0 bridgehead atoms. The maximum absolute atomic E-state index is 13.9. The SMILES string of the molecule is CCn1nnn(CCN2CCC(=C3c4ccc(F)cc4CCn4ncnc43)CC2)c1=O.CCn1nnn(CCN2CCC(=C3c4ccc(F)cc4CCn4ncnc43)CC2)c1=O.O=C([O-])C(=O)[O-].O=C([O-])C(=O)[O-].O=C([O-])C(=O)[O-].O=C([O-])C(=O)[O-].O=C([O-])C(=O)[O-]. The van der Waals surface area contributed by atoms with Gasteiger partial charge < -0.3 is 109 Å². The largest absolute Gasteiger partial charge is 0.543 e. The summed E-state index contributed by atoms with van der Waals surface area (Å²) in [6.07, 6.45) is 8.26. The maximum atomic E-state index is 13.9. The summed E-state index contributed by atoms with van der Waals surface area (Å²) < 4.78 is 37.2. The Labute approximate surface area is 514 Å². The maximum Gasteiger partial charge on any atom is 0.363 e. The van der Waals surface area contributed by atoms with Gasteiger partial charge in [0.2, 0.25) is 0 Å². The fourth-order valence-electron chi connectivity index (χ4n) is 9.02. The number of aryl methyl sites for hydroxylation is 6. The van der Waals surface area contributed by atoms with Gasteiger partial charge in [0.05, 0.1) is 72.8 Å². The second kappa shape index (κ2) is 34.8. The molecule has 4 aromatic heterocycles. The van der Waals surface area contributed by atoms with Crippen LogP contribution in [0.15, 0.2) is 69.8 Å². The van der Waals surface area contributed by atoms with Crippen LogP contribution in [-0.2, 0) is 100 Å². The summed E-state index contributed by atoms with van der Waals surface area (Å²) in [5, 5.41) is 114. The van der Waals surface area contributed by atoms with Crippen LogP contribution in [0.1, 0.15) is 73.4 Å². The highest BCUT2D eigenvalue weighted by Gasteiger charge is 2.28. The molecule has 0 spiro atoms. The summed E-state index contributed by atoms with van der Waals surface area (Å²) in [6, 6.07) is 10.1. The number of benzene rings is 2. The number of carboxylic acids is 10. The molecule has 4 aliphatic rings. The van der Waals surface area contributed by atoms with E-state index in [-0.39, 0.29) is 23.0 Å². The number of likely N-dealkylation sites (tertiary alicyclic amines) is 2. The van der Waals surface area contributed by atoms with E-state index in [0.29, 0.717) is 39.3 Å². The van der Waals surface area contributed by atoms with Crippen LogP contribution < -0.4 is 62.4 Å². The molecular weight excluding hydrogens is 1240 g/mol. The molecule has 2 saturated heterocycles. The van der Waals surface area contributed by atoms with Crippen molar-refractivity contribution in [3.8, 4) is 0 Å². The highest BCUT2D eigenvalue weighted by Crippen LogP contribution is 2.37. The van der Waals surface area contributed by atoms with E-state index >= 15 is 0 Å². The second-order valence-corrected chi connectivity index (χ2v) is 18.8. The van der Waals surface area contributed by atoms with Gasteiger partial charge in [0.1, 0.15) is 24.3 Å². The van der Waals surface area contributed by atoms with Crippen LogP contribution in [0, 0.1) is 11.6 Å². The molecule has 0 amide bonds. The van der Waals surface area contributed by atoms with Crippen molar-refractivity contribution in [3.05, 3.63) is 127 Å². The lowest BCUT2D eigenvalue weighted by atomic mass is 9.90. The van der Waals surface area contributed by atoms with Gasteiger partial charge in [0.15, 0.2) is 11.6 Å². The third-order valence-electron chi connectivity index (χ3n) is 13.2. The van der Waals surface area contributed by atoms with Crippen LogP contribution in [0.3, 0.4) is 0 Å². The van der Waals surface area contributed by atoms with Gasteiger partial charge >= 0.3 is 11.4 Å². The molecule has 0 N–H and O–H groups in total. The summed E-state index contributed by atoms with van der Waals surface area (Å²) >= 11 is 0. The molecule has 38 nitrogen and oxygen atoms in total. The fraction of sp³-hybridized carbons (Fsp3) is 0.385. The van der Waals surface area contributed by atoms with E-state index in [1.165, 1.54) is 42.0 Å². The molecule has 0 unspecified atom stereocenters. The molecule has 2 aromatic carbocycles. The van der Waals surface area contributed by atoms with Gasteiger partial charge in [-0.1, -0.05) is 23.3 Å². The fourth-order valence-corrected chi connectivity index (χ4v) is 9.02. The number of rotatable bonds is 8. The quantitative estimate of drug-likeness (QED) is 0.128. The average Bonchev–Trinajstić information content (AvgIpc) is 1.57. The predicted molar refractivity (Wildman–Crippen MR) is 274 cm³/mol. The summed E-state index contributed by atoms with van der Waals surface area (Å²) in [7, 11) is 0. The molecule has 494 valence electrons. The Bertz CT molecular complexity index is 3480. The van der Waals surface area contributed by atoms with Crippen molar-refractivity contribution < 1.29 is 108 Å². The zero-order chi connectivity index (χ0) is 68.5. The first-order valence-corrected chi connectivity index (χ1v) is 26.8. The number of nitrogens with zero attached hydrogens (tertiary/aromatic N) is 16. The van der Waals surface area contributed by atoms with Crippen molar-refractivity contribution in [2.24, 2.45) is 0 Å². The summed E-state index contributed by atoms with van der Waals surface area (Å²) in [6.45, 7) is 12.3. The Morgan fingerprint density at radius 1 is 0.402 bits per heavy atom. The van der Waals surface area contributed by atoms with Gasteiger partial charge in [-0.2, -0.15) is 28.9 Å². The molecule has 8 heterocycles. The predicted octanol–water partition coefficient (Wildman–Crippen LogP) is -14.9. The molecule has 2 fully saturated rings. The number of aliphatic carboxylic acids is 10. The lowest BCUT2D eigenvalue weighted by molar-refractivity contribution is -0.345. The molecule has 0 saturated carbocycles. The van der Waals surface area contributed by atoms with Crippen LogP contribution in [0.5, 0.6) is 0 Å². The number of aromatic nitrogens is 14. The molecule has 0 aliphatic carbocycles. The molecule has 4 aliphatic heterocycles. The minimum Gasteiger partial charge on any atom is -0.543 e. The molecular formula is C52H50F2N16O22-10. The third-order valence-corrected chi connectivity index (χ3v) is 13.2. The van der Waals surface area contributed by atoms with Gasteiger partial charge in [-0.05, 0) is 120 Å². The second-order valence-electron chi connectivity index (χ2n) is 18.8. The van der Waals surface area contributed by atoms with Crippen molar-refractivity contribution in [3.63, 3.8) is 0 Å². The Hall–Kier alpha value is -11.6. The first-order chi connectivity index (χ1) is 43.5. The average molecular weight is 1290 g/mol. The first kappa shape index (κ1) is 72.9. The Morgan fingerprint density at radius 3 is 0.946 bits per heavy atom. The standard InChI is InChI=1S/2C21H25FN8O.5C2H2O4/c2*1-2-28-21(31)30(26-25-28)12-11-27-8-5-15(6-9-27)19-18-4-3-17(22)13-16(18)7-10-29-20(19)23-14-24-29;5*3-1(4)2(5)6/h2*3-4,13-14H,2,5-12H2,1H3;5*(H,3,4)(H,5,6)/p-10. The van der Waals surface area contributed by atoms with E-state index in [9.17, 15) is 18.4 Å². The highest BCUT2D eigenvalue weighted by atomic mass is 19.1. The zero-order valence-corrected chi connectivity index (χ0v) is 48.2. The number of halogens is 2. The first-order valence-electron chi connectivity index (χ1n) is 26.8. The van der Waals surface area contributed by atoms with Gasteiger partial charge in [0.25, 0.3) is 0 Å². The zero-order valence-electron chi connectivity index (χ0n) is 48.2. The van der Waals surface area contributed by atoms with Crippen molar-refractivity contribution >= 4 is 70.8 Å². The number of tetrazole rings is 2. The number of carboxylic acid groups (broad SMARTS) is 10. The molecule has 0 atom stereocenters. The van der Waals surface area contributed by atoms with Crippen molar-refractivity contribution in [2.45, 2.75) is 91.6 Å². The third kappa shape index (κ3) is 21.3. The van der Waals surface area contributed by atoms with Gasteiger partial charge in [-0.3, -0.25) is 0 Å². The van der Waals surface area contributed by atoms with E-state index in [2.05, 4.69) is 50.8 Å². The molecule has 10 rings (SSSR count). The molecule has 6 aromatic rings. The van der Waals surface area contributed by atoms with Crippen LogP contribution in [0.25, 0.3) is 11.1 Å². The van der Waals surface area contributed by atoms with E-state index in [4.69, 9.17) is 99.0 Å². The van der Waals surface area contributed by atoms with E-state index in [1.54, 1.807) is 24.8 Å². The lowest BCUT2D eigenvalue weighted by Gasteiger charge is -2.29. The van der Waals surface area contributed by atoms with Gasteiger partial charge in [-0.15, -0.1) is 0 Å². The Kier molecular flexibility index (Phi) is 27.6. The summed E-state index contributed by atoms with van der Waals surface area (Å²) in [4.78, 5) is 127. The molecule has 40 heteroatoms. The van der Waals surface area contributed by atoms with E-state index in [0.717, 1.165) is 123 Å². The van der Waals surface area contributed by atoms with Crippen molar-refractivity contribution in [1.29, 1.82) is 0 Å². The summed E-state index contributed by atoms with van der Waals surface area (Å²) in [5.74, 6) is -20.5. The number of piperidine rings is 2. The smallest absolute Gasteiger partial charge is 0.363 e. The number of carbonyl (C=O) groups is 10. The van der Waals surface area contributed by atoms with E-state index < -0.39 is 59.7 Å². The number of carbonyl (C=O) groups excluding carboxylic acids is 10. The highest BCUT2D eigenvalue weighted by molar-refractivity contribution is 6.26. The number of hydrogen-bond acceptors (Lipinski definition) is 32. The van der Waals surface area contributed by atoms with Crippen LogP contribution >= 0.6 is 0 Å². The van der Waals surface area contributed by atoms with Crippen molar-refractivity contribution in [1.82, 2.24) is 78.9 Å². The Balaban J connectivity index is 0.000000273. The van der Waals surface area contributed by atoms with Crippen LogP contribution in [-0.4, -0.2) is 178 Å². The minimum absolute atomic E-state index is 0.163. The molecule has 92 heavy (non-hydrogen) atoms. The van der Waals surface area contributed by atoms with Crippen molar-refractivity contribution in [2.75, 3.05) is 39.3 Å². The lowest BCUT2D eigenvalue weighted by Crippen LogP contribution is -2.42. The topological polar surface area (TPSA) is 575 Å². The number of fused-ring (bicyclic) bond motifs is 4. The van der Waals surface area contributed by atoms with E-state index in [1.807, 2.05) is 35.3 Å². The molecule has 0 radical (unpaired) electrons. The van der Waals surface area contributed by atoms with Gasteiger partial charge in [-0.25, -0.2) is 37.7 Å². The normalized spacial score (nSPS) is 13.7. The monoisotopic (exact) mass is 1290 g/mol. The van der Waals surface area contributed by atoms with Crippen LogP contribution in [0.4, 0.5) is 8.78 Å². The number of hydrogen-bond donors (Lipinski definition) is 0. The Morgan fingerprint density at radius 2 is 0.685 bits per heavy atom. The minimum atomic E-state index is -2.19. The van der Waals surface area contributed by atoms with Gasteiger partial charge in [0, 0.05) is 76.6 Å². The summed E-state index contributed by atoms with van der Waals surface area (Å²) in [5.41, 5.74) is 8.69. The van der Waals surface area contributed by atoms with Crippen LogP contribution in [0.2, 0.25) is 0 Å².